The summed E-state index contributed by atoms with van der Waals surface area (Å²) in [5.41, 5.74) is -1.06. The maximum Gasteiger partial charge on any atom is 0.416 e. The average Bonchev–Trinajstić information content (AvgIpc) is 3.09. The predicted molar refractivity (Wildman–Crippen MR) is 92.3 cm³/mol. The molecule has 1 saturated carbocycles. The van der Waals surface area contributed by atoms with Crippen LogP contribution < -0.4 is 10.6 Å². The first-order valence-corrected chi connectivity index (χ1v) is 8.47. The molecule has 3 rings (SSSR count). The molecular weight excluding hydrogens is 369 g/mol. The number of amides is 1. The van der Waals surface area contributed by atoms with Crippen LogP contribution in [-0.2, 0) is 6.18 Å². The number of aromatic nitrogens is 2. The Morgan fingerprint density at radius 1 is 1.15 bits per heavy atom. The van der Waals surface area contributed by atoms with E-state index in [1.54, 1.807) is 0 Å². The number of nitrogens with one attached hydrogen (secondary N) is 2. The highest BCUT2D eigenvalue weighted by Gasteiger charge is 2.31. The van der Waals surface area contributed by atoms with Gasteiger partial charge in [0.2, 0.25) is 0 Å². The molecule has 1 fully saturated rings. The molecule has 0 radical (unpaired) electrons. The van der Waals surface area contributed by atoms with Crippen molar-refractivity contribution in [1.29, 1.82) is 0 Å². The van der Waals surface area contributed by atoms with Gasteiger partial charge in [0.1, 0.15) is 11.5 Å². The van der Waals surface area contributed by atoms with E-state index in [1.807, 2.05) is 0 Å². The number of hydrogen-bond donors (Lipinski definition) is 2. The topological polar surface area (TPSA) is 66.9 Å². The highest BCUT2D eigenvalue weighted by Crippen LogP contribution is 2.34. The lowest BCUT2D eigenvalue weighted by Crippen LogP contribution is -2.18. The van der Waals surface area contributed by atoms with Crippen molar-refractivity contribution in [2.24, 2.45) is 0 Å². The van der Waals surface area contributed by atoms with Gasteiger partial charge in [-0.05, 0) is 31.0 Å². The Hall–Kier alpha value is -2.35. The van der Waals surface area contributed by atoms with E-state index >= 15 is 0 Å². The largest absolute Gasteiger partial charge is 0.416 e. The summed E-state index contributed by atoms with van der Waals surface area (Å²) in [6, 6.07) is 3.07. The summed E-state index contributed by atoms with van der Waals surface area (Å²) in [5, 5.41) is 5.58. The molecule has 5 nitrogen and oxygen atoms in total. The van der Waals surface area contributed by atoms with Crippen molar-refractivity contribution in [3.05, 3.63) is 46.9 Å². The van der Waals surface area contributed by atoms with Gasteiger partial charge in [0.15, 0.2) is 0 Å². The molecule has 1 aromatic carbocycles. The molecule has 1 aliphatic rings. The van der Waals surface area contributed by atoms with Gasteiger partial charge in [0.05, 0.1) is 28.7 Å². The van der Waals surface area contributed by atoms with E-state index < -0.39 is 17.6 Å². The lowest BCUT2D eigenvalue weighted by atomic mass is 10.2. The van der Waals surface area contributed by atoms with Crippen molar-refractivity contribution >= 4 is 29.0 Å². The quantitative estimate of drug-likeness (QED) is 0.797. The maximum atomic E-state index is 12.8. The summed E-state index contributed by atoms with van der Waals surface area (Å²) in [6.07, 6.45) is 2.65. The molecule has 2 N–H and O–H groups in total. The fourth-order valence-electron chi connectivity index (χ4n) is 2.78. The molecule has 0 unspecified atom stereocenters. The van der Waals surface area contributed by atoms with Gasteiger partial charge < -0.3 is 10.6 Å². The van der Waals surface area contributed by atoms with Gasteiger partial charge >= 0.3 is 6.18 Å². The third-order valence-electron chi connectivity index (χ3n) is 4.13. The molecule has 1 aliphatic carbocycles. The molecule has 2 aromatic rings. The molecule has 138 valence electrons. The van der Waals surface area contributed by atoms with E-state index in [-0.39, 0.29) is 16.4 Å². The fraction of sp³-hybridized carbons (Fsp3) is 0.353. The molecule has 1 aromatic heterocycles. The SMILES string of the molecule is O=C(Nc1cc(C(F)(F)F)ccc1Cl)c1cnc(NC2CCCC2)cn1. The standard InChI is InChI=1S/C17H16ClF3N4O/c18-12-6-5-10(17(19,20)21)7-13(12)25-16(26)14-8-23-15(9-22-14)24-11-3-1-2-4-11/h5-9,11H,1-4H2,(H,23,24)(H,25,26). The normalized spacial score (nSPS) is 15.1. The summed E-state index contributed by atoms with van der Waals surface area (Å²) in [5.74, 6) is -0.128. The van der Waals surface area contributed by atoms with Gasteiger partial charge in [-0.1, -0.05) is 24.4 Å². The molecule has 26 heavy (non-hydrogen) atoms. The van der Waals surface area contributed by atoms with Crippen LogP contribution in [-0.4, -0.2) is 21.9 Å². The van der Waals surface area contributed by atoms with Gasteiger partial charge in [-0.2, -0.15) is 13.2 Å². The second-order valence-corrected chi connectivity index (χ2v) is 6.47. The van der Waals surface area contributed by atoms with Crippen LogP contribution in [0.25, 0.3) is 0 Å². The van der Waals surface area contributed by atoms with Crippen LogP contribution >= 0.6 is 11.6 Å². The summed E-state index contributed by atoms with van der Waals surface area (Å²) in [4.78, 5) is 20.4. The number of anilines is 2. The van der Waals surface area contributed by atoms with Crippen LogP contribution in [0.15, 0.2) is 30.6 Å². The molecule has 9 heteroatoms. The van der Waals surface area contributed by atoms with Gasteiger partial charge in [0.25, 0.3) is 5.91 Å². The third kappa shape index (κ3) is 4.43. The van der Waals surface area contributed by atoms with E-state index in [9.17, 15) is 18.0 Å². The Labute approximate surface area is 153 Å². The van der Waals surface area contributed by atoms with E-state index in [0.717, 1.165) is 31.0 Å². The molecule has 0 bridgehead atoms. The average molecular weight is 385 g/mol. The van der Waals surface area contributed by atoms with Crippen LogP contribution in [0.4, 0.5) is 24.7 Å². The Morgan fingerprint density at radius 2 is 1.88 bits per heavy atom. The van der Waals surface area contributed by atoms with Crippen molar-refractivity contribution in [1.82, 2.24) is 9.97 Å². The van der Waals surface area contributed by atoms with Crippen molar-refractivity contribution in [2.45, 2.75) is 37.9 Å². The number of carbonyl (C=O) groups is 1. The van der Waals surface area contributed by atoms with Crippen LogP contribution in [0.3, 0.4) is 0 Å². The van der Waals surface area contributed by atoms with Crippen molar-refractivity contribution in [3.8, 4) is 0 Å². The molecule has 1 amide bonds. The highest BCUT2D eigenvalue weighted by atomic mass is 35.5. The number of nitrogens with zero attached hydrogens (tertiary/aromatic N) is 2. The summed E-state index contributed by atoms with van der Waals surface area (Å²) < 4.78 is 38.4. The summed E-state index contributed by atoms with van der Waals surface area (Å²) in [7, 11) is 0. The number of hydrogen-bond acceptors (Lipinski definition) is 4. The van der Waals surface area contributed by atoms with E-state index in [1.165, 1.54) is 25.2 Å². The van der Waals surface area contributed by atoms with Gasteiger partial charge in [0, 0.05) is 6.04 Å². The van der Waals surface area contributed by atoms with Crippen molar-refractivity contribution < 1.29 is 18.0 Å². The first kappa shape index (κ1) is 18.4. The minimum atomic E-state index is -4.53. The maximum absolute atomic E-state index is 12.8. The Kier molecular flexibility index (Phi) is 5.31. The lowest BCUT2D eigenvalue weighted by Gasteiger charge is -2.13. The zero-order chi connectivity index (χ0) is 18.7. The monoisotopic (exact) mass is 384 g/mol. The molecule has 0 atom stereocenters. The van der Waals surface area contributed by atoms with Crippen LogP contribution in [0, 0.1) is 0 Å². The minimum absolute atomic E-state index is 0.00108. The Bertz CT molecular complexity index is 790. The first-order chi connectivity index (χ1) is 12.3. The first-order valence-electron chi connectivity index (χ1n) is 8.09. The third-order valence-corrected chi connectivity index (χ3v) is 4.46. The number of benzene rings is 1. The Balaban J connectivity index is 1.69. The van der Waals surface area contributed by atoms with E-state index in [0.29, 0.717) is 11.9 Å². The number of halogens is 4. The number of rotatable bonds is 4. The number of alkyl halides is 3. The minimum Gasteiger partial charge on any atom is -0.366 e. The zero-order valence-electron chi connectivity index (χ0n) is 13.6. The van der Waals surface area contributed by atoms with E-state index in [4.69, 9.17) is 11.6 Å². The van der Waals surface area contributed by atoms with Crippen LogP contribution in [0.5, 0.6) is 0 Å². The summed E-state index contributed by atoms with van der Waals surface area (Å²) >= 11 is 5.87. The number of carbonyl (C=O) groups excluding carboxylic acids is 1. The van der Waals surface area contributed by atoms with Gasteiger partial charge in [-0.25, -0.2) is 9.97 Å². The van der Waals surface area contributed by atoms with Crippen LogP contribution in [0.2, 0.25) is 5.02 Å². The molecule has 1 heterocycles. The fourth-order valence-corrected chi connectivity index (χ4v) is 2.95. The van der Waals surface area contributed by atoms with Crippen molar-refractivity contribution in [3.63, 3.8) is 0 Å². The zero-order valence-corrected chi connectivity index (χ0v) is 14.4. The van der Waals surface area contributed by atoms with Gasteiger partial charge in [-0.15, -0.1) is 0 Å². The van der Waals surface area contributed by atoms with E-state index in [2.05, 4.69) is 20.6 Å². The Morgan fingerprint density at radius 3 is 2.50 bits per heavy atom. The summed E-state index contributed by atoms with van der Waals surface area (Å²) in [6.45, 7) is 0. The highest BCUT2D eigenvalue weighted by molar-refractivity contribution is 6.33. The molecule has 0 aliphatic heterocycles. The van der Waals surface area contributed by atoms with Gasteiger partial charge in [-0.3, -0.25) is 4.79 Å². The second kappa shape index (κ2) is 7.49. The lowest BCUT2D eigenvalue weighted by molar-refractivity contribution is -0.137. The molecule has 0 saturated heterocycles. The van der Waals surface area contributed by atoms with Crippen LogP contribution in [0.1, 0.15) is 41.7 Å². The molecular formula is C17H16ClF3N4O. The predicted octanol–water partition coefficient (Wildman–Crippen LogP) is 4.76. The second-order valence-electron chi connectivity index (χ2n) is 6.06. The van der Waals surface area contributed by atoms with Crippen molar-refractivity contribution in [2.75, 3.05) is 10.6 Å². The smallest absolute Gasteiger partial charge is 0.366 e. The molecule has 0 spiro atoms.